The molecule has 0 aromatic heterocycles. The fraction of sp³-hybridized carbons (Fsp3) is 0.278. The first kappa shape index (κ1) is 12.9. The minimum atomic E-state index is -0.458. The number of anilines is 1. The normalized spacial score (nSPS) is 21.1. The largest absolute Gasteiger partial charge is 0.314 e. The van der Waals surface area contributed by atoms with Crippen molar-refractivity contribution in [2.24, 2.45) is 0 Å². The van der Waals surface area contributed by atoms with Gasteiger partial charge in [-0.15, -0.1) is 0 Å². The standard InChI is InChI=1S/C18H19NO/c1-13-8-10-14(11-9-13)12-18(2)15-6-4-5-7-16(15)19(3)17(18)20/h4-11H,12H2,1-3H3. The summed E-state index contributed by atoms with van der Waals surface area (Å²) in [6.45, 7) is 4.13. The van der Waals surface area contributed by atoms with Gasteiger partial charge in [-0.1, -0.05) is 48.0 Å². The van der Waals surface area contributed by atoms with Crippen LogP contribution in [-0.2, 0) is 16.6 Å². The topological polar surface area (TPSA) is 20.3 Å². The third-order valence-electron chi connectivity index (χ3n) is 4.31. The molecule has 2 heteroatoms. The quantitative estimate of drug-likeness (QED) is 0.814. The van der Waals surface area contributed by atoms with E-state index in [1.807, 2.05) is 25.2 Å². The van der Waals surface area contributed by atoms with Crippen LogP contribution >= 0.6 is 0 Å². The van der Waals surface area contributed by atoms with Crippen molar-refractivity contribution in [2.45, 2.75) is 25.7 Å². The summed E-state index contributed by atoms with van der Waals surface area (Å²) < 4.78 is 0. The van der Waals surface area contributed by atoms with E-state index >= 15 is 0 Å². The SMILES string of the molecule is Cc1ccc(CC2(C)C(=O)N(C)c3ccccc32)cc1. The number of likely N-dealkylation sites (N-methyl/N-ethyl adjacent to an activating group) is 1. The summed E-state index contributed by atoms with van der Waals surface area (Å²) in [5, 5.41) is 0. The van der Waals surface area contributed by atoms with Crippen LogP contribution in [0.25, 0.3) is 0 Å². The van der Waals surface area contributed by atoms with Gasteiger partial charge in [0, 0.05) is 12.7 Å². The molecule has 1 amide bonds. The molecule has 1 unspecified atom stereocenters. The van der Waals surface area contributed by atoms with E-state index in [2.05, 4.69) is 44.2 Å². The van der Waals surface area contributed by atoms with Crippen LogP contribution in [-0.4, -0.2) is 13.0 Å². The molecule has 3 rings (SSSR count). The molecule has 2 nitrogen and oxygen atoms in total. The molecule has 2 aromatic carbocycles. The van der Waals surface area contributed by atoms with E-state index in [1.54, 1.807) is 4.90 Å². The minimum Gasteiger partial charge on any atom is -0.314 e. The highest BCUT2D eigenvalue weighted by molar-refractivity contribution is 6.07. The number of fused-ring (bicyclic) bond motifs is 1. The van der Waals surface area contributed by atoms with Gasteiger partial charge in [0.1, 0.15) is 0 Å². The summed E-state index contributed by atoms with van der Waals surface area (Å²) in [5.74, 6) is 0.180. The summed E-state index contributed by atoms with van der Waals surface area (Å²) in [7, 11) is 1.86. The monoisotopic (exact) mass is 265 g/mol. The van der Waals surface area contributed by atoms with Gasteiger partial charge in [-0.05, 0) is 37.5 Å². The fourth-order valence-corrected chi connectivity index (χ4v) is 3.11. The number of rotatable bonds is 2. The van der Waals surface area contributed by atoms with Crippen molar-refractivity contribution in [2.75, 3.05) is 11.9 Å². The van der Waals surface area contributed by atoms with E-state index in [0.29, 0.717) is 0 Å². The molecule has 2 aromatic rings. The van der Waals surface area contributed by atoms with Crippen LogP contribution in [0.3, 0.4) is 0 Å². The summed E-state index contributed by atoms with van der Waals surface area (Å²) >= 11 is 0. The maximum absolute atomic E-state index is 12.7. The van der Waals surface area contributed by atoms with Crippen molar-refractivity contribution >= 4 is 11.6 Å². The molecule has 102 valence electrons. The van der Waals surface area contributed by atoms with Crippen molar-refractivity contribution in [1.82, 2.24) is 0 Å². The maximum atomic E-state index is 12.7. The second-order valence-corrected chi connectivity index (χ2v) is 5.88. The van der Waals surface area contributed by atoms with E-state index in [9.17, 15) is 4.79 Å². The predicted molar refractivity (Wildman–Crippen MR) is 82.1 cm³/mol. The molecule has 0 saturated heterocycles. The second-order valence-electron chi connectivity index (χ2n) is 5.88. The molecular weight excluding hydrogens is 246 g/mol. The molecule has 0 radical (unpaired) electrons. The molecule has 0 N–H and O–H groups in total. The van der Waals surface area contributed by atoms with Crippen molar-refractivity contribution in [3.8, 4) is 0 Å². The van der Waals surface area contributed by atoms with Crippen LogP contribution in [0, 0.1) is 6.92 Å². The van der Waals surface area contributed by atoms with Crippen LogP contribution in [0.15, 0.2) is 48.5 Å². The average molecular weight is 265 g/mol. The summed E-state index contributed by atoms with van der Waals surface area (Å²) in [6, 6.07) is 16.5. The Balaban J connectivity index is 2.03. The summed E-state index contributed by atoms with van der Waals surface area (Å²) in [6.07, 6.45) is 0.744. The van der Waals surface area contributed by atoms with Crippen molar-refractivity contribution < 1.29 is 4.79 Å². The number of hydrogen-bond acceptors (Lipinski definition) is 1. The zero-order chi connectivity index (χ0) is 14.3. The Morgan fingerprint density at radius 2 is 1.70 bits per heavy atom. The van der Waals surface area contributed by atoms with E-state index < -0.39 is 5.41 Å². The first-order chi connectivity index (χ1) is 9.52. The highest BCUT2D eigenvalue weighted by Gasteiger charge is 2.45. The van der Waals surface area contributed by atoms with E-state index in [4.69, 9.17) is 0 Å². The molecular formula is C18H19NO. The molecule has 0 fully saturated rings. The maximum Gasteiger partial charge on any atom is 0.237 e. The Hall–Kier alpha value is -2.09. The summed E-state index contributed by atoms with van der Waals surface area (Å²) in [5.41, 5.74) is 4.16. The van der Waals surface area contributed by atoms with Crippen molar-refractivity contribution in [3.05, 3.63) is 65.2 Å². The molecule has 0 saturated carbocycles. The zero-order valence-corrected chi connectivity index (χ0v) is 12.2. The van der Waals surface area contributed by atoms with Gasteiger partial charge in [-0.25, -0.2) is 0 Å². The number of benzene rings is 2. The third kappa shape index (κ3) is 1.83. The lowest BCUT2D eigenvalue weighted by Crippen LogP contribution is -2.37. The van der Waals surface area contributed by atoms with Gasteiger partial charge in [0.05, 0.1) is 5.41 Å². The first-order valence-corrected chi connectivity index (χ1v) is 6.95. The molecule has 0 spiro atoms. The fourth-order valence-electron chi connectivity index (χ4n) is 3.11. The number of carbonyl (C=O) groups is 1. The van der Waals surface area contributed by atoms with Gasteiger partial charge in [0.25, 0.3) is 0 Å². The first-order valence-electron chi connectivity index (χ1n) is 6.95. The van der Waals surface area contributed by atoms with Crippen LogP contribution in [0.4, 0.5) is 5.69 Å². The molecule has 1 heterocycles. The number of para-hydroxylation sites is 1. The van der Waals surface area contributed by atoms with E-state index in [0.717, 1.165) is 17.7 Å². The van der Waals surface area contributed by atoms with Gasteiger partial charge in [-0.3, -0.25) is 4.79 Å². The number of nitrogens with zero attached hydrogens (tertiary/aromatic N) is 1. The van der Waals surface area contributed by atoms with Gasteiger partial charge in [0.15, 0.2) is 0 Å². The van der Waals surface area contributed by atoms with Crippen molar-refractivity contribution in [1.29, 1.82) is 0 Å². The van der Waals surface area contributed by atoms with Crippen LogP contribution in [0.1, 0.15) is 23.6 Å². The highest BCUT2D eigenvalue weighted by atomic mass is 16.2. The van der Waals surface area contributed by atoms with E-state index in [-0.39, 0.29) is 5.91 Å². The Bertz CT molecular complexity index is 659. The number of hydrogen-bond donors (Lipinski definition) is 0. The van der Waals surface area contributed by atoms with Gasteiger partial charge < -0.3 is 4.90 Å². The second kappa shape index (κ2) is 4.48. The van der Waals surface area contributed by atoms with Crippen LogP contribution in [0.2, 0.25) is 0 Å². The molecule has 20 heavy (non-hydrogen) atoms. The Morgan fingerprint density at radius 3 is 2.40 bits per heavy atom. The smallest absolute Gasteiger partial charge is 0.237 e. The van der Waals surface area contributed by atoms with Crippen LogP contribution in [0.5, 0.6) is 0 Å². The number of carbonyl (C=O) groups excluding carboxylic acids is 1. The molecule has 0 bridgehead atoms. The lowest BCUT2D eigenvalue weighted by Gasteiger charge is -2.23. The Labute approximate surface area is 120 Å². The predicted octanol–water partition coefficient (Wildman–Crippen LogP) is 3.47. The highest BCUT2D eigenvalue weighted by Crippen LogP contribution is 2.42. The minimum absolute atomic E-state index is 0.180. The average Bonchev–Trinajstić information content (AvgIpc) is 2.65. The lowest BCUT2D eigenvalue weighted by molar-refractivity contribution is -0.122. The Morgan fingerprint density at radius 1 is 1.05 bits per heavy atom. The summed E-state index contributed by atoms with van der Waals surface area (Å²) in [4.78, 5) is 14.5. The number of aryl methyl sites for hydroxylation is 1. The lowest BCUT2D eigenvalue weighted by atomic mass is 9.78. The number of amides is 1. The zero-order valence-electron chi connectivity index (χ0n) is 12.2. The molecule has 1 aliphatic heterocycles. The van der Waals surface area contributed by atoms with Gasteiger partial charge in [-0.2, -0.15) is 0 Å². The third-order valence-corrected chi connectivity index (χ3v) is 4.31. The molecule has 1 atom stereocenters. The van der Waals surface area contributed by atoms with E-state index in [1.165, 1.54) is 11.1 Å². The van der Waals surface area contributed by atoms with Crippen molar-refractivity contribution in [3.63, 3.8) is 0 Å². The molecule has 1 aliphatic rings. The van der Waals surface area contributed by atoms with Crippen LogP contribution < -0.4 is 4.90 Å². The van der Waals surface area contributed by atoms with Gasteiger partial charge >= 0.3 is 0 Å². The Kier molecular flexibility index (Phi) is 2.89. The molecule has 0 aliphatic carbocycles. The van der Waals surface area contributed by atoms with Gasteiger partial charge in [0.2, 0.25) is 5.91 Å².